The van der Waals surface area contributed by atoms with Crippen LogP contribution in [0.2, 0.25) is 0 Å². The van der Waals surface area contributed by atoms with Gasteiger partial charge in [0.1, 0.15) is 0 Å². The van der Waals surface area contributed by atoms with Gasteiger partial charge in [0.15, 0.2) is 0 Å². The fourth-order valence-corrected chi connectivity index (χ4v) is 1.73. The third kappa shape index (κ3) is 4.94. The summed E-state index contributed by atoms with van der Waals surface area (Å²) in [6.45, 7) is 0.110. The van der Waals surface area contributed by atoms with E-state index in [4.69, 9.17) is 6.42 Å². The quantitative estimate of drug-likeness (QED) is 0.837. The smallest absolute Gasteiger partial charge is 0.344 e. The lowest BCUT2D eigenvalue weighted by Crippen LogP contribution is -2.35. The molecule has 1 aromatic rings. The molecule has 0 aliphatic carbocycles. The van der Waals surface area contributed by atoms with Gasteiger partial charge in [0, 0.05) is 6.54 Å². The Morgan fingerprint density at radius 3 is 2.65 bits per heavy atom. The standard InChI is InChI=1S/C14H15F3N2O/c1-3-8-18-13(20)10-19(2)9-11-6-4-5-7-12(11)14(15,16)17/h1,4-7H,8-10H2,2H3,(H,18,20). The van der Waals surface area contributed by atoms with Crippen molar-refractivity contribution in [2.75, 3.05) is 20.1 Å². The summed E-state index contributed by atoms with van der Waals surface area (Å²) in [6.07, 6.45) is 0.596. The number of alkyl halides is 3. The highest BCUT2D eigenvalue weighted by Gasteiger charge is 2.33. The Bertz CT molecular complexity index is 506. The lowest BCUT2D eigenvalue weighted by molar-refractivity contribution is -0.138. The van der Waals surface area contributed by atoms with Crippen molar-refractivity contribution in [3.8, 4) is 12.3 Å². The van der Waals surface area contributed by atoms with Crippen molar-refractivity contribution in [1.29, 1.82) is 0 Å². The number of benzene rings is 1. The van der Waals surface area contributed by atoms with Crippen LogP contribution in [-0.4, -0.2) is 30.9 Å². The Balaban J connectivity index is 2.70. The van der Waals surface area contributed by atoms with Crippen molar-refractivity contribution in [2.24, 2.45) is 0 Å². The molecule has 0 saturated carbocycles. The first-order chi connectivity index (χ1) is 9.34. The number of hydrogen-bond acceptors (Lipinski definition) is 2. The number of nitrogens with one attached hydrogen (secondary N) is 1. The number of hydrogen-bond donors (Lipinski definition) is 1. The zero-order valence-corrected chi connectivity index (χ0v) is 11.0. The Morgan fingerprint density at radius 2 is 2.05 bits per heavy atom. The van der Waals surface area contributed by atoms with Gasteiger partial charge in [-0.05, 0) is 18.7 Å². The van der Waals surface area contributed by atoms with Gasteiger partial charge in [-0.15, -0.1) is 6.42 Å². The van der Waals surface area contributed by atoms with E-state index in [0.29, 0.717) is 0 Å². The van der Waals surface area contributed by atoms with Crippen LogP contribution < -0.4 is 5.32 Å². The maximum Gasteiger partial charge on any atom is 0.416 e. The molecule has 6 heteroatoms. The summed E-state index contributed by atoms with van der Waals surface area (Å²) in [5.74, 6) is 1.93. The molecular formula is C14H15F3N2O. The third-order valence-corrected chi connectivity index (χ3v) is 2.56. The number of amides is 1. The summed E-state index contributed by atoms with van der Waals surface area (Å²) < 4.78 is 38.4. The van der Waals surface area contributed by atoms with Gasteiger partial charge in [-0.3, -0.25) is 9.69 Å². The molecule has 0 spiro atoms. The molecule has 0 unspecified atom stereocenters. The molecule has 0 radical (unpaired) electrons. The van der Waals surface area contributed by atoms with Gasteiger partial charge in [0.05, 0.1) is 18.7 Å². The third-order valence-electron chi connectivity index (χ3n) is 2.56. The minimum absolute atomic E-state index is 0.0200. The molecule has 1 rings (SSSR count). The highest BCUT2D eigenvalue weighted by atomic mass is 19.4. The lowest BCUT2D eigenvalue weighted by atomic mass is 10.1. The van der Waals surface area contributed by atoms with Gasteiger partial charge in [0.25, 0.3) is 0 Å². The molecule has 0 heterocycles. The van der Waals surface area contributed by atoms with Crippen molar-refractivity contribution < 1.29 is 18.0 Å². The van der Waals surface area contributed by atoms with Crippen LogP contribution in [0, 0.1) is 12.3 Å². The number of likely N-dealkylation sites (N-methyl/N-ethyl adjacent to an activating group) is 1. The summed E-state index contributed by atoms with van der Waals surface area (Å²) in [4.78, 5) is 12.9. The van der Waals surface area contributed by atoms with Gasteiger partial charge < -0.3 is 5.32 Å². The molecule has 0 saturated heterocycles. The van der Waals surface area contributed by atoms with E-state index >= 15 is 0 Å². The zero-order valence-electron chi connectivity index (χ0n) is 11.0. The van der Waals surface area contributed by atoms with E-state index in [0.717, 1.165) is 6.07 Å². The lowest BCUT2D eigenvalue weighted by Gasteiger charge is -2.19. The molecule has 0 atom stereocenters. The fraction of sp³-hybridized carbons (Fsp3) is 0.357. The van der Waals surface area contributed by atoms with Gasteiger partial charge in [-0.25, -0.2) is 0 Å². The highest BCUT2D eigenvalue weighted by Crippen LogP contribution is 2.32. The number of halogens is 3. The normalized spacial score (nSPS) is 11.2. The van der Waals surface area contributed by atoms with E-state index in [1.165, 1.54) is 23.1 Å². The Morgan fingerprint density at radius 1 is 1.40 bits per heavy atom. The van der Waals surface area contributed by atoms with Crippen LogP contribution in [0.25, 0.3) is 0 Å². The van der Waals surface area contributed by atoms with Gasteiger partial charge in [0.2, 0.25) is 5.91 Å². The van der Waals surface area contributed by atoms with Crippen LogP contribution in [0.3, 0.4) is 0 Å². The second-order valence-electron chi connectivity index (χ2n) is 4.31. The Hall–Kier alpha value is -2.00. The van der Waals surface area contributed by atoms with E-state index in [1.807, 2.05) is 0 Å². The van der Waals surface area contributed by atoms with Crippen molar-refractivity contribution in [3.63, 3.8) is 0 Å². The van der Waals surface area contributed by atoms with Crippen LogP contribution in [0.5, 0.6) is 0 Å². The van der Waals surface area contributed by atoms with Gasteiger partial charge in [-0.2, -0.15) is 13.2 Å². The predicted molar refractivity (Wildman–Crippen MR) is 69.6 cm³/mol. The summed E-state index contributed by atoms with van der Waals surface area (Å²) >= 11 is 0. The molecule has 20 heavy (non-hydrogen) atoms. The molecule has 0 bridgehead atoms. The van der Waals surface area contributed by atoms with E-state index in [-0.39, 0.29) is 31.1 Å². The summed E-state index contributed by atoms with van der Waals surface area (Å²) in [7, 11) is 1.57. The number of nitrogens with zero attached hydrogens (tertiary/aromatic N) is 1. The van der Waals surface area contributed by atoms with E-state index in [2.05, 4.69) is 11.2 Å². The van der Waals surface area contributed by atoms with Crippen molar-refractivity contribution >= 4 is 5.91 Å². The first kappa shape index (κ1) is 16.1. The van der Waals surface area contributed by atoms with E-state index in [9.17, 15) is 18.0 Å². The number of carbonyl (C=O) groups is 1. The van der Waals surface area contributed by atoms with Gasteiger partial charge in [-0.1, -0.05) is 24.1 Å². The molecule has 0 aliphatic heterocycles. The second-order valence-corrected chi connectivity index (χ2v) is 4.31. The van der Waals surface area contributed by atoms with Crippen molar-refractivity contribution in [1.82, 2.24) is 10.2 Å². The molecule has 0 aliphatic rings. The van der Waals surface area contributed by atoms with E-state index in [1.54, 1.807) is 7.05 Å². The number of carbonyl (C=O) groups excluding carboxylic acids is 1. The molecular weight excluding hydrogens is 269 g/mol. The minimum atomic E-state index is -4.40. The topological polar surface area (TPSA) is 32.3 Å². The molecule has 108 valence electrons. The monoisotopic (exact) mass is 284 g/mol. The number of rotatable bonds is 5. The molecule has 1 N–H and O–H groups in total. The molecule has 0 fully saturated rings. The summed E-state index contributed by atoms with van der Waals surface area (Å²) in [5.41, 5.74) is -0.553. The zero-order chi connectivity index (χ0) is 15.2. The van der Waals surface area contributed by atoms with Crippen LogP contribution in [0.1, 0.15) is 11.1 Å². The first-order valence-corrected chi connectivity index (χ1v) is 5.88. The van der Waals surface area contributed by atoms with Crippen LogP contribution in [0.4, 0.5) is 13.2 Å². The van der Waals surface area contributed by atoms with Gasteiger partial charge >= 0.3 is 6.18 Å². The fourth-order valence-electron chi connectivity index (χ4n) is 1.73. The molecule has 3 nitrogen and oxygen atoms in total. The SMILES string of the molecule is C#CCNC(=O)CN(C)Cc1ccccc1C(F)(F)F. The minimum Gasteiger partial charge on any atom is -0.344 e. The van der Waals surface area contributed by atoms with Crippen LogP contribution >= 0.6 is 0 Å². The summed E-state index contributed by atoms with van der Waals surface area (Å²) in [5, 5.41) is 2.45. The first-order valence-electron chi connectivity index (χ1n) is 5.88. The molecule has 1 aromatic carbocycles. The van der Waals surface area contributed by atoms with E-state index < -0.39 is 11.7 Å². The average molecular weight is 284 g/mol. The number of terminal acetylenes is 1. The van der Waals surface area contributed by atoms with Crippen LogP contribution in [0.15, 0.2) is 24.3 Å². The van der Waals surface area contributed by atoms with Crippen LogP contribution in [-0.2, 0) is 17.5 Å². The maximum absolute atomic E-state index is 12.8. The maximum atomic E-state index is 12.8. The summed E-state index contributed by atoms with van der Waals surface area (Å²) in [6, 6.07) is 5.31. The van der Waals surface area contributed by atoms with Crippen molar-refractivity contribution in [3.05, 3.63) is 35.4 Å². The second kappa shape index (κ2) is 6.96. The molecule has 0 aromatic heterocycles. The van der Waals surface area contributed by atoms with Crippen molar-refractivity contribution in [2.45, 2.75) is 12.7 Å². The predicted octanol–water partition coefficient (Wildman–Crippen LogP) is 1.89. The highest BCUT2D eigenvalue weighted by molar-refractivity contribution is 5.78. The molecule has 1 amide bonds. The largest absolute Gasteiger partial charge is 0.416 e. The Labute approximate surface area is 115 Å². The average Bonchev–Trinajstić information content (AvgIpc) is 2.35. The Kier molecular flexibility index (Phi) is 5.59.